The zero-order chi connectivity index (χ0) is 23.7. The highest BCUT2D eigenvalue weighted by atomic mass is 16.2. The number of rotatable bonds is 8. The van der Waals surface area contributed by atoms with Crippen LogP contribution >= 0.6 is 0 Å². The minimum Gasteiger partial charge on any atom is -0.338 e. The highest BCUT2D eigenvalue weighted by Gasteiger charge is 2.35. The molecule has 3 unspecified atom stereocenters. The van der Waals surface area contributed by atoms with Gasteiger partial charge in [0.2, 0.25) is 5.91 Å². The Balaban J connectivity index is 1.98. The minimum absolute atomic E-state index is 0.0172. The number of piperazine rings is 1. The molecule has 5 amide bonds. The van der Waals surface area contributed by atoms with Gasteiger partial charge in [-0.25, -0.2) is 9.59 Å². The number of amides is 5. The fourth-order valence-corrected chi connectivity index (χ4v) is 3.84. The standard InChI is InChI=1S/C24H39N5O3/c1-6-8-12-25-24(32)29-14-13-28(16-19(29)5)22(30)21(18(4)7-2)27-23(31)26-20-11-9-10-17(3)15-20/h9-11,15,18-19,21H,6-8,12-14,16H2,1-5H3,(H,25,32)(H2,26,27,31). The number of urea groups is 2. The summed E-state index contributed by atoms with van der Waals surface area (Å²) in [4.78, 5) is 41.9. The summed E-state index contributed by atoms with van der Waals surface area (Å²) in [6.45, 7) is 12.0. The molecule has 1 fully saturated rings. The van der Waals surface area contributed by atoms with E-state index in [1.165, 1.54) is 0 Å². The first-order valence-electron chi connectivity index (χ1n) is 11.7. The molecule has 8 heteroatoms. The Morgan fingerprint density at radius 1 is 1.19 bits per heavy atom. The number of anilines is 1. The smallest absolute Gasteiger partial charge is 0.319 e. The number of unbranched alkanes of at least 4 members (excludes halogenated alkanes) is 1. The molecule has 1 heterocycles. The lowest BCUT2D eigenvalue weighted by molar-refractivity contribution is -0.136. The Bertz CT molecular complexity index is 785. The van der Waals surface area contributed by atoms with Crippen LogP contribution in [0.1, 0.15) is 52.5 Å². The Kier molecular flexibility index (Phi) is 9.81. The van der Waals surface area contributed by atoms with E-state index < -0.39 is 12.1 Å². The summed E-state index contributed by atoms with van der Waals surface area (Å²) in [7, 11) is 0. The van der Waals surface area contributed by atoms with Crippen molar-refractivity contribution in [2.24, 2.45) is 5.92 Å². The average Bonchev–Trinajstić information content (AvgIpc) is 2.76. The second-order valence-electron chi connectivity index (χ2n) is 8.74. The van der Waals surface area contributed by atoms with Gasteiger partial charge in [-0.2, -0.15) is 0 Å². The van der Waals surface area contributed by atoms with Gasteiger partial charge in [-0.3, -0.25) is 4.79 Å². The zero-order valence-corrected chi connectivity index (χ0v) is 20.1. The summed E-state index contributed by atoms with van der Waals surface area (Å²) < 4.78 is 0. The van der Waals surface area contributed by atoms with E-state index in [0.717, 1.165) is 24.8 Å². The van der Waals surface area contributed by atoms with E-state index in [1.807, 2.05) is 52.0 Å². The lowest BCUT2D eigenvalue weighted by atomic mass is 9.97. The van der Waals surface area contributed by atoms with Crippen molar-refractivity contribution in [1.82, 2.24) is 20.4 Å². The molecule has 0 aromatic heterocycles. The molecule has 0 aliphatic carbocycles. The van der Waals surface area contributed by atoms with E-state index in [1.54, 1.807) is 9.80 Å². The van der Waals surface area contributed by atoms with Crippen molar-refractivity contribution in [2.75, 3.05) is 31.5 Å². The molecule has 1 saturated heterocycles. The fourth-order valence-electron chi connectivity index (χ4n) is 3.84. The molecule has 178 valence electrons. The molecular weight excluding hydrogens is 406 g/mol. The molecule has 1 aromatic carbocycles. The number of carbonyl (C=O) groups excluding carboxylic acids is 3. The van der Waals surface area contributed by atoms with Crippen molar-refractivity contribution in [3.05, 3.63) is 29.8 Å². The van der Waals surface area contributed by atoms with Crippen LogP contribution in [-0.2, 0) is 4.79 Å². The quantitative estimate of drug-likeness (QED) is 0.534. The monoisotopic (exact) mass is 445 g/mol. The highest BCUT2D eigenvalue weighted by molar-refractivity contribution is 5.94. The number of hydrogen-bond acceptors (Lipinski definition) is 3. The molecule has 8 nitrogen and oxygen atoms in total. The first kappa shape index (κ1) is 25.5. The van der Waals surface area contributed by atoms with Gasteiger partial charge in [-0.05, 0) is 43.9 Å². The SMILES string of the molecule is CCCCNC(=O)N1CCN(C(=O)C(NC(=O)Nc2cccc(C)c2)C(C)CC)CC1C. The zero-order valence-electron chi connectivity index (χ0n) is 20.1. The molecule has 1 aliphatic rings. The Labute approximate surface area is 192 Å². The van der Waals surface area contributed by atoms with Crippen molar-refractivity contribution in [3.8, 4) is 0 Å². The van der Waals surface area contributed by atoms with Gasteiger partial charge in [0.05, 0.1) is 0 Å². The van der Waals surface area contributed by atoms with Crippen LogP contribution in [-0.4, -0.2) is 66.0 Å². The first-order chi connectivity index (χ1) is 15.3. The van der Waals surface area contributed by atoms with Gasteiger partial charge in [0, 0.05) is 37.9 Å². The molecule has 2 rings (SSSR count). The third-order valence-corrected chi connectivity index (χ3v) is 6.05. The molecule has 1 aromatic rings. The van der Waals surface area contributed by atoms with Gasteiger partial charge in [0.1, 0.15) is 6.04 Å². The van der Waals surface area contributed by atoms with E-state index in [0.29, 0.717) is 31.9 Å². The van der Waals surface area contributed by atoms with E-state index >= 15 is 0 Å². The van der Waals surface area contributed by atoms with Crippen LogP contribution in [0, 0.1) is 12.8 Å². The predicted octanol–water partition coefficient (Wildman–Crippen LogP) is 3.57. The molecule has 0 spiro atoms. The van der Waals surface area contributed by atoms with Crippen LogP contribution in [0.15, 0.2) is 24.3 Å². The Morgan fingerprint density at radius 2 is 1.94 bits per heavy atom. The average molecular weight is 446 g/mol. The van der Waals surface area contributed by atoms with Crippen molar-refractivity contribution in [2.45, 2.75) is 66.0 Å². The molecule has 0 radical (unpaired) electrons. The fraction of sp³-hybridized carbons (Fsp3) is 0.625. The number of nitrogens with one attached hydrogen (secondary N) is 3. The van der Waals surface area contributed by atoms with Gasteiger partial charge in [0.15, 0.2) is 0 Å². The Hall–Kier alpha value is -2.77. The number of carbonyl (C=O) groups is 3. The topological polar surface area (TPSA) is 93.8 Å². The van der Waals surface area contributed by atoms with Gasteiger partial charge in [0.25, 0.3) is 0 Å². The van der Waals surface area contributed by atoms with Crippen molar-refractivity contribution >= 4 is 23.7 Å². The third kappa shape index (κ3) is 7.14. The van der Waals surface area contributed by atoms with Crippen LogP contribution < -0.4 is 16.0 Å². The number of aryl methyl sites for hydroxylation is 1. The summed E-state index contributed by atoms with van der Waals surface area (Å²) in [6.07, 6.45) is 2.74. The van der Waals surface area contributed by atoms with E-state index in [-0.39, 0.29) is 23.9 Å². The second-order valence-corrected chi connectivity index (χ2v) is 8.74. The molecule has 1 aliphatic heterocycles. The van der Waals surface area contributed by atoms with E-state index in [9.17, 15) is 14.4 Å². The maximum Gasteiger partial charge on any atom is 0.319 e. The summed E-state index contributed by atoms with van der Waals surface area (Å²) in [6, 6.07) is 6.35. The summed E-state index contributed by atoms with van der Waals surface area (Å²) in [5.41, 5.74) is 1.73. The van der Waals surface area contributed by atoms with Gasteiger partial charge >= 0.3 is 12.1 Å². The van der Waals surface area contributed by atoms with Crippen LogP contribution in [0.25, 0.3) is 0 Å². The van der Waals surface area contributed by atoms with Crippen molar-refractivity contribution in [1.29, 1.82) is 0 Å². The van der Waals surface area contributed by atoms with E-state index in [4.69, 9.17) is 0 Å². The van der Waals surface area contributed by atoms with E-state index in [2.05, 4.69) is 22.9 Å². The van der Waals surface area contributed by atoms with Gasteiger partial charge < -0.3 is 25.8 Å². The molecule has 3 atom stereocenters. The molecular formula is C24H39N5O3. The molecule has 32 heavy (non-hydrogen) atoms. The third-order valence-electron chi connectivity index (χ3n) is 6.05. The largest absolute Gasteiger partial charge is 0.338 e. The van der Waals surface area contributed by atoms with Crippen LogP contribution in [0.4, 0.5) is 15.3 Å². The number of nitrogens with zero attached hydrogens (tertiary/aromatic N) is 2. The van der Waals surface area contributed by atoms with Crippen LogP contribution in [0.2, 0.25) is 0 Å². The summed E-state index contributed by atoms with van der Waals surface area (Å²) >= 11 is 0. The van der Waals surface area contributed by atoms with Crippen LogP contribution in [0.5, 0.6) is 0 Å². The van der Waals surface area contributed by atoms with Crippen molar-refractivity contribution < 1.29 is 14.4 Å². The Morgan fingerprint density at radius 3 is 2.56 bits per heavy atom. The summed E-state index contributed by atoms with van der Waals surface area (Å²) in [5.74, 6) is -0.118. The predicted molar refractivity (Wildman–Crippen MR) is 128 cm³/mol. The molecule has 0 bridgehead atoms. The maximum absolute atomic E-state index is 13.3. The number of benzene rings is 1. The number of hydrogen-bond donors (Lipinski definition) is 3. The van der Waals surface area contributed by atoms with Gasteiger partial charge in [-0.15, -0.1) is 0 Å². The second kappa shape index (κ2) is 12.3. The summed E-state index contributed by atoms with van der Waals surface area (Å²) in [5, 5.41) is 8.65. The molecule has 0 saturated carbocycles. The minimum atomic E-state index is -0.623. The van der Waals surface area contributed by atoms with Crippen molar-refractivity contribution in [3.63, 3.8) is 0 Å². The lowest BCUT2D eigenvalue weighted by Crippen LogP contribution is -2.61. The highest BCUT2D eigenvalue weighted by Crippen LogP contribution is 2.16. The first-order valence-corrected chi connectivity index (χ1v) is 11.7. The van der Waals surface area contributed by atoms with Gasteiger partial charge in [-0.1, -0.05) is 45.7 Å². The normalized spacial score (nSPS) is 18.0. The lowest BCUT2D eigenvalue weighted by Gasteiger charge is -2.41. The maximum atomic E-state index is 13.3. The molecule has 3 N–H and O–H groups in total. The van der Waals surface area contributed by atoms with Crippen LogP contribution in [0.3, 0.4) is 0 Å².